The van der Waals surface area contributed by atoms with Crippen molar-refractivity contribution in [3.05, 3.63) is 60.3 Å². The summed E-state index contributed by atoms with van der Waals surface area (Å²) in [5, 5.41) is 18.2. The van der Waals surface area contributed by atoms with Gasteiger partial charge in [-0.1, -0.05) is 18.2 Å². The monoisotopic (exact) mass is 495 g/mol. The number of benzene rings is 2. The molecule has 1 saturated heterocycles. The van der Waals surface area contributed by atoms with Crippen LogP contribution >= 0.6 is 0 Å². The van der Waals surface area contributed by atoms with Gasteiger partial charge >= 0.3 is 0 Å². The highest BCUT2D eigenvalue weighted by atomic mass is 16.7. The smallest absolute Gasteiger partial charge is 0.231 e. The highest BCUT2D eigenvalue weighted by molar-refractivity contribution is 6.36. The molecule has 1 amide bonds. The largest absolute Gasteiger partial charge is 0.507 e. The SMILES string of the molecule is [B]c1cnn2c(NCC3CCCN(C(=O)Cc4ccc5c(c4)OCO5)C3)cc(-c3ccccc3O)nc12. The van der Waals surface area contributed by atoms with Crippen molar-refractivity contribution in [1.29, 1.82) is 0 Å². The number of piperidine rings is 1. The summed E-state index contributed by atoms with van der Waals surface area (Å²) in [7, 11) is 6.12. The second-order valence-corrected chi connectivity index (χ2v) is 9.47. The Kier molecular flexibility index (Phi) is 6.08. The molecule has 0 aliphatic carbocycles. The number of anilines is 1. The Labute approximate surface area is 215 Å². The first-order valence-electron chi connectivity index (χ1n) is 12.4. The van der Waals surface area contributed by atoms with E-state index >= 15 is 0 Å². The molecule has 4 heterocycles. The van der Waals surface area contributed by atoms with E-state index < -0.39 is 0 Å². The van der Waals surface area contributed by atoms with E-state index in [1.807, 2.05) is 41.3 Å². The number of rotatable bonds is 6. The van der Waals surface area contributed by atoms with E-state index in [0.29, 0.717) is 47.6 Å². The fourth-order valence-corrected chi connectivity index (χ4v) is 4.98. The maximum absolute atomic E-state index is 13.1. The van der Waals surface area contributed by atoms with E-state index in [0.717, 1.165) is 36.5 Å². The third-order valence-corrected chi connectivity index (χ3v) is 6.91. The number of carbonyl (C=O) groups is 1. The summed E-state index contributed by atoms with van der Waals surface area (Å²) in [5.74, 6) is 2.67. The van der Waals surface area contributed by atoms with Crippen LogP contribution in [0.2, 0.25) is 0 Å². The molecule has 1 atom stereocenters. The van der Waals surface area contributed by atoms with Crippen LogP contribution in [-0.2, 0) is 11.2 Å². The number of hydrogen-bond acceptors (Lipinski definition) is 7. The lowest BCUT2D eigenvalue weighted by Gasteiger charge is -2.33. The number of ether oxygens (including phenoxy) is 2. The summed E-state index contributed by atoms with van der Waals surface area (Å²) < 4.78 is 12.5. The first-order valence-corrected chi connectivity index (χ1v) is 12.4. The fraction of sp³-hybridized carbons (Fsp3) is 0.296. The van der Waals surface area contributed by atoms with Crippen LogP contribution in [0.3, 0.4) is 0 Å². The van der Waals surface area contributed by atoms with Crippen molar-refractivity contribution in [3.63, 3.8) is 0 Å². The van der Waals surface area contributed by atoms with Gasteiger partial charge in [0.1, 0.15) is 19.4 Å². The lowest BCUT2D eigenvalue weighted by atomic mass is 9.97. The summed E-state index contributed by atoms with van der Waals surface area (Å²) in [5.41, 5.74) is 3.11. The molecule has 0 spiro atoms. The van der Waals surface area contributed by atoms with Gasteiger partial charge in [0.25, 0.3) is 0 Å². The number of phenolic OH excluding ortho intramolecular Hbond substituents is 1. The molecular weight excluding hydrogens is 469 g/mol. The van der Waals surface area contributed by atoms with E-state index in [1.165, 1.54) is 0 Å². The van der Waals surface area contributed by atoms with E-state index in [4.69, 9.17) is 17.3 Å². The number of para-hydroxylation sites is 1. The molecule has 37 heavy (non-hydrogen) atoms. The molecule has 9 nitrogen and oxygen atoms in total. The van der Waals surface area contributed by atoms with Gasteiger partial charge in [0.05, 0.1) is 12.1 Å². The molecule has 2 N–H and O–H groups in total. The van der Waals surface area contributed by atoms with Crippen LogP contribution in [0.25, 0.3) is 16.9 Å². The molecular formula is C27H26BN5O4. The predicted octanol–water partition coefficient (Wildman–Crippen LogP) is 2.52. The molecule has 2 aliphatic heterocycles. The van der Waals surface area contributed by atoms with Gasteiger partial charge in [-0.3, -0.25) is 4.79 Å². The number of phenols is 1. The van der Waals surface area contributed by atoms with Crippen LogP contribution in [0.1, 0.15) is 18.4 Å². The number of likely N-dealkylation sites (tertiary alicyclic amines) is 1. The first kappa shape index (κ1) is 23.2. The lowest BCUT2D eigenvalue weighted by molar-refractivity contribution is -0.132. The third kappa shape index (κ3) is 4.66. The zero-order chi connectivity index (χ0) is 25.4. The number of nitrogens with one attached hydrogen (secondary N) is 1. The maximum Gasteiger partial charge on any atom is 0.231 e. The second-order valence-electron chi connectivity index (χ2n) is 9.47. The van der Waals surface area contributed by atoms with Crippen molar-refractivity contribution < 1.29 is 19.4 Å². The van der Waals surface area contributed by atoms with Crippen LogP contribution in [0.5, 0.6) is 17.2 Å². The number of carbonyl (C=O) groups excluding carboxylic acids is 1. The Balaban J connectivity index is 1.15. The van der Waals surface area contributed by atoms with Crippen LogP contribution < -0.4 is 20.3 Å². The zero-order valence-electron chi connectivity index (χ0n) is 20.3. The van der Waals surface area contributed by atoms with Gasteiger partial charge in [-0.25, -0.2) is 4.98 Å². The minimum Gasteiger partial charge on any atom is -0.507 e. The topological polar surface area (TPSA) is 101 Å². The summed E-state index contributed by atoms with van der Waals surface area (Å²) >= 11 is 0. The van der Waals surface area contributed by atoms with Gasteiger partial charge in [-0.15, -0.1) is 0 Å². The summed E-state index contributed by atoms with van der Waals surface area (Å²) in [6.45, 7) is 2.31. The summed E-state index contributed by atoms with van der Waals surface area (Å²) in [6, 6.07) is 14.6. The minimum atomic E-state index is 0.108. The van der Waals surface area contributed by atoms with E-state index in [9.17, 15) is 9.90 Å². The van der Waals surface area contributed by atoms with Gasteiger partial charge < -0.3 is 24.8 Å². The highest BCUT2D eigenvalue weighted by Crippen LogP contribution is 2.33. The quantitative estimate of drug-likeness (QED) is 0.397. The molecule has 2 aromatic heterocycles. The van der Waals surface area contributed by atoms with Gasteiger partial charge in [-0.2, -0.15) is 9.61 Å². The first-order chi connectivity index (χ1) is 18.0. The Bertz CT molecular complexity index is 1470. The predicted molar refractivity (Wildman–Crippen MR) is 140 cm³/mol. The van der Waals surface area contributed by atoms with Gasteiger partial charge in [-0.05, 0) is 54.1 Å². The highest BCUT2D eigenvalue weighted by Gasteiger charge is 2.25. The molecule has 186 valence electrons. The van der Waals surface area contributed by atoms with Crippen molar-refractivity contribution in [1.82, 2.24) is 19.5 Å². The Morgan fingerprint density at radius 1 is 1.16 bits per heavy atom. The van der Waals surface area contributed by atoms with Crippen molar-refractivity contribution in [2.75, 3.05) is 31.7 Å². The fourth-order valence-electron chi connectivity index (χ4n) is 4.98. The van der Waals surface area contributed by atoms with Crippen LogP contribution in [0, 0.1) is 5.92 Å². The summed E-state index contributed by atoms with van der Waals surface area (Å²) in [4.78, 5) is 19.6. The Hall–Kier alpha value is -4.21. The maximum atomic E-state index is 13.1. The molecule has 0 saturated carbocycles. The molecule has 2 radical (unpaired) electrons. The molecule has 6 rings (SSSR count). The Morgan fingerprint density at radius 3 is 2.92 bits per heavy atom. The number of aromatic hydroxyl groups is 1. The second kappa shape index (κ2) is 9.69. The molecule has 4 aromatic rings. The van der Waals surface area contributed by atoms with Crippen molar-refractivity contribution >= 4 is 30.7 Å². The zero-order valence-corrected chi connectivity index (χ0v) is 20.3. The van der Waals surface area contributed by atoms with Gasteiger partial charge in [0.15, 0.2) is 17.1 Å². The van der Waals surface area contributed by atoms with E-state index in [2.05, 4.69) is 15.4 Å². The van der Waals surface area contributed by atoms with Crippen molar-refractivity contribution in [2.45, 2.75) is 19.3 Å². The molecule has 10 heteroatoms. The summed E-state index contributed by atoms with van der Waals surface area (Å²) in [6.07, 6.45) is 3.86. The standard InChI is InChI=1S/C27H26BN5O4/c28-20-14-30-33-25(12-21(31-27(20)33)19-5-1-2-6-22(19)34)29-13-18-4-3-9-32(15-18)26(35)11-17-7-8-23-24(10-17)37-16-36-23/h1-2,5-8,10,12,14,18,29,34H,3-4,9,11,13,15-16H2. The van der Waals surface area contributed by atoms with Crippen LogP contribution in [0.4, 0.5) is 5.82 Å². The average Bonchev–Trinajstić information content (AvgIpc) is 3.54. The number of hydrogen-bond donors (Lipinski definition) is 2. The van der Waals surface area contributed by atoms with Crippen molar-refractivity contribution in [2.24, 2.45) is 5.92 Å². The minimum absolute atomic E-state index is 0.108. The Morgan fingerprint density at radius 2 is 2.03 bits per heavy atom. The van der Waals surface area contributed by atoms with Gasteiger partial charge in [0, 0.05) is 37.5 Å². The molecule has 1 unspecified atom stereocenters. The van der Waals surface area contributed by atoms with Crippen molar-refractivity contribution in [3.8, 4) is 28.5 Å². The third-order valence-electron chi connectivity index (χ3n) is 6.91. The number of amides is 1. The molecule has 2 aliphatic rings. The van der Waals surface area contributed by atoms with Gasteiger partial charge in [0.2, 0.25) is 12.7 Å². The van der Waals surface area contributed by atoms with Crippen LogP contribution in [0.15, 0.2) is 54.7 Å². The van der Waals surface area contributed by atoms with E-state index in [1.54, 1.807) is 22.8 Å². The van der Waals surface area contributed by atoms with Crippen LogP contribution in [-0.4, -0.2) is 64.8 Å². The molecule has 2 aromatic carbocycles. The number of fused-ring (bicyclic) bond motifs is 2. The molecule has 0 bridgehead atoms. The normalized spacial score (nSPS) is 16.8. The molecule has 1 fully saturated rings. The number of nitrogens with zero attached hydrogens (tertiary/aromatic N) is 4. The lowest BCUT2D eigenvalue weighted by Crippen LogP contribution is -2.42. The number of aromatic nitrogens is 3. The average molecular weight is 495 g/mol. The van der Waals surface area contributed by atoms with E-state index in [-0.39, 0.29) is 24.4 Å².